The number of carbonyl (C=O) groups excluding carboxylic acids is 1. The highest BCUT2D eigenvalue weighted by Gasteiger charge is 2.40. The van der Waals surface area contributed by atoms with Gasteiger partial charge in [0.1, 0.15) is 11.5 Å². The first kappa shape index (κ1) is 20.3. The molecular formula is C18H25F3O3. The Hall–Kier alpha value is -1.72. The number of phenols is 1. The third kappa shape index (κ3) is 7.23. The molecule has 0 saturated carbocycles. The lowest BCUT2D eigenvalue weighted by atomic mass is 10.1. The van der Waals surface area contributed by atoms with Crippen LogP contribution in [0.1, 0.15) is 68.6 Å². The molecule has 24 heavy (non-hydrogen) atoms. The van der Waals surface area contributed by atoms with Crippen LogP contribution in [0, 0.1) is 0 Å². The largest absolute Gasteiger partial charge is 0.507 e. The van der Waals surface area contributed by atoms with Gasteiger partial charge in [-0.3, -0.25) is 4.79 Å². The Labute approximate surface area is 140 Å². The number of alkyl halides is 3. The summed E-state index contributed by atoms with van der Waals surface area (Å²) in [6.07, 6.45) is 4.24. The second-order valence-corrected chi connectivity index (χ2v) is 5.83. The molecule has 0 aliphatic carbocycles. The summed E-state index contributed by atoms with van der Waals surface area (Å²) < 4.78 is 42.4. The third-order valence-electron chi connectivity index (χ3n) is 3.74. The Morgan fingerprint density at radius 3 is 2.17 bits per heavy atom. The summed E-state index contributed by atoms with van der Waals surface area (Å²) in [6, 6.07) is 3.25. The topological polar surface area (TPSA) is 46.5 Å². The van der Waals surface area contributed by atoms with Gasteiger partial charge < -0.3 is 9.84 Å². The van der Waals surface area contributed by atoms with Gasteiger partial charge in [0.15, 0.2) is 0 Å². The third-order valence-corrected chi connectivity index (χ3v) is 3.74. The molecule has 0 aliphatic rings. The number of unbranched alkanes of at least 4 members (excludes halogenated alkanes) is 7. The van der Waals surface area contributed by atoms with E-state index >= 15 is 0 Å². The number of rotatable bonds is 11. The molecule has 6 heteroatoms. The SMILES string of the molecule is CCCCCCCCCCOc1ccc(C(=O)C(F)(F)F)c(O)c1. The van der Waals surface area contributed by atoms with Gasteiger partial charge >= 0.3 is 6.18 Å². The molecule has 0 radical (unpaired) electrons. The highest BCUT2D eigenvalue weighted by molar-refractivity contribution is 6.02. The van der Waals surface area contributed by atoms with Gasteiger partial charge in [-0.25, -0.2) is 0 Å². The standard InChI is InChI=1S/C18H25F3O3/c1-2-3-4-5-6-7-8-9-12-24-14-10-11-15(16(22)13-14)17(23)18(19,20)21/h10-11,13,22H,2-9,12H2,1H3. The van der Waals surface area contributed by atoms with Crippen molar-refractivity contribution in [2.45, 2.75) is 64.5 Å². The minimum atomic E-state index is -5.00. The number of ether oxygens (including phenoxy) is 1. The van der Waals surface area contributed by atoms with E-state index in [0.29, 0.717) is 6.61 Å². The molecule has 0 atom stereocenters. The molecule has 0 aromatic heterocycles. The van der Waals surface area contributed by atoms with Crippen molar-refractivity contribution < 1.29 is 27.8 Å². The molecule has 0 spiro atoms. The molecule has 0 unspecified atom stereocenters. The van der Waals surface area contributed by atoms with Crippen molar-refractivity contribution in [2.75, 3.05) is 6.61 Å². The van der Waals surface area contributed by atoms with Crippen LogP contribution in [0.4, 0.5) is 13.2 Å². The first-order valence-corrected chi connectivity index (χ1v) is 8.43. The Balaban J connectivity index is 2.30. The van der Waals surface area contributed by atoms with Crippen molar-refractivity contribution in [3.8, 4) is 11.5 Å². The molecule has 0 bridgehead atoms. The molecule has 1 rings (SSSR count). The second-order valence-electron chi connectivity index (χ2n) is 5.83. The zero-order chi connectivity index (χ0) is 18.0. The zero-order valence-electron chi connectivity index (χ0n) is 14.0. The molecule has 1 aromatic rings. The van der Waals surface area contributed by atoms with Crippen molar-refractivity contribution in [3.63, 3.8) is 0 Å². The number of halogens is 3. The lowest BCUT2D eigenvalue weighted by molar-refractivity contribution is -0.0886. The van der Waals surface area contributed by atoms with Crippen molar-refractivity contribution >= 4 is 5.78 Å². The quantitative estimate of drug-likeness (QED) is 0.415. The van der Waals surface area contributed by atoms with E-state index in [9.17, 15) is 23.1 Å². The number of aromatic hydroxyl groups is 1. The van der Waals surface area contributed by atoms with Crippen molar-refractivity contribution in [1.29, 1.82) is 0 Å². The predicted molar refractivity (Wildman–Crippen MR) is 86.6 cm³/mol. The molecule has 0 heterocycles. The molecule has 0 amide bonds. The van der Waals surface area contributed by atoms with Gasteiger partial charge in [0.2, 0.25) is 0 Å². The molecular weight excluding hydrogens is 321 g/mol. The summed E-state index contributed by atoms with van der Waals surface area (Å²) in [5.74, 6) is -2.52. The van der Waals surface area contributed by atoms with Gasteiger partial charge in [0.05, 0.1) is 12.2 Å². The number of benzene rings is 1. The fourth-order valence-electron chi connectivity index (χ4n) is 2.37. The van der Waals surface area contributed by atoms with E-state index < -0.39 is 23.3 Å². The van der Waals surface area contributed by atoms with E-state index in [1.54, 1.807) is 0 Å². The van der Waals surface area contributed by atoms with Crippen molar-refractivity contribution in [1.82, 2.24) is 0 Å². The Morgan fingerprint density at radius 2 is 1.62 bits per heavy atom. The van der Waals surface area contributed by atoms with Crippen LogP contribution in [0.25, 0.3) is 0 Å². The van der Waals surface area contributed by atoms with E-state index in [0.717, 1.165) is 31.4 Å². The molecule has 3 nitrogen and oxygen atoms in total. The molecule has 1 aromatic carbocycles. The maximum Gasteiger partial charge on any atom is 0.455 e. The number of hydrogen-bond acceptors (Lipinski definition) is 3. The van der Waals surface area contributed by atoms with Crippen LogP contribution in [0.5, 0.6) is 11.5 Å². The van der Waals surface area contributed by atoms with Crippen molar-refractivity contribution in [3.05, 3.63) is 23.8 Å². The first-order valence-electron chi connectivity index (χ1n) is 8.43. The number of Topliss-reactive ketones (excluding diaryl/α,β-unsaturated/α-hetero) is 1. The van der Waals surface area contributed by atoms with E-state index in [2.05, 4.69) is 6.92 Å². The van der Waals surface area contributed by atoms with Gasteiger partial charge in [-0.15, -0.1) is 0 Å². The molecule has 1 N–H and O–H groups in total. The van der Waals surface area contributed by atoms with Crippen LogP contribution < -0.4 is 4.74 Å². The van der Waals surface area contributed by atoms with Gasteiger partial charge in [-0.1, -0.05) is 51.9 Å². The van der Waals surface area contributed by atoms with Gasteiger partial charge in [-0.2, -0.15) is 13.2 Å². The van der Waals surface area contributed by atoms with Gasteiger partial charge in [0.25, 0.3) is 5.78 Å². The predicted octanol–water partition coefficient (Wildman–Crippen LogP) is 5.66. The highest BCUT2D eigenvalue weighted by atomic mass is 19.4. The van der Waals surface area contributed by atoms with Gasteiger partial charge in [0, 0.05) is 6.07 Å². The Morgan fingerprint density at radius 1 is 1.04 bits per heavy atom. The number of hydrogen-bond donors (Lipinski definition) is 1. The normalized spacial score (nSPS) is 11.5. The first-order chi connectivity index (χ1) is 11.4. The summed E-state index contributed by atoms with van der Waals surface area (Å²) in [6.45, 7) is 2.61. The molecule has 136 valence electrons. The van der Waals surface area contributed by atoms with Gasteiger partial charge in [-0.05, 0) is 18.6 Å². The molecule has 0 aliphatic heterocycles. The zero-order valence-corrected chi connectivity index (χ0v) is 14.0. The average molecular weight is 346 g/mol. The molecule has 0 fully saturated rings. The number of carbonyl (C=O) groups is 1. The maximum absolute atomic E-state index is 12.3. The van der Waals surface area contributed by atoms with E-state index in [1.807, 2.05) is 0 Å². The fourth-order valence-corrected chi connectivity index (χ4v) is 2.37. The second kappa shape index (κ2) is 10.2. The fraction of sp³-hybridized carbons (Fsp3) is 0.611. The van der Waals surface area contributed by atoms with Crippen molar-refractivity contribution in [2.24, 2.45) is 0 Å². The summed E-state index contributed by atoms with van der Waals surface area (Å²) >= 11 is 0. The van der Waals surface area contributed by atoms with E-state index in [-0.39, 0.29) is 5.75 Å². The smallest absolute Gasteiger partial charge is 0.455 e. The minimum absolute atomic E-state index is 0.258. The van der Waals surface area contributed by atoms with Crippen LogP contribution >= 0.6 is 0 Å². The van der Waals surface area contributed by atoms with Crippen LogP contribution in [-0.4, -0.2) is 23.7 Å². The van der Waals surface area contributed by atoms with Crippen LogP contribution in [0.3, 0.4) is 0 Å². The lowest BCUT2D eigenvalue weighted by Gasteiger charge is -2.10. The summed E-state index contributed by atoms with van der Waals surface area (Å²) in [7, 11) is 0. The maximum atomic E-state index is 12.3. The number of ketones is 1. The molecule has 0 saturated heterocycles. The Kier molecular flexibility index (Phi) is 8.65. The summed E-state index contributed by atoms with van der Waals surface area (Å²) in [4.78, 5) is 11.1. The Bertz CT molecular complexity index is 513. The van der Waals surface area contributed by atoms with Crippen LogP contribution in [0.15, 0.2) is 18.2 Å². The average Bonchev–Trinajstić information content (AvgIpc) is 2.52. The van der Waals surface area contributed by atoms with E-state index in [1.165, 1.54) is 38.2 Å². The minimum Gasteiger partial charge on any atom is -0.507 e. The highest BCUT2D eigenvalue weighted by Crippen LogP contribution is 2.30. The van der Waals surface area contributed by atoms with Crippen LogP contribution in [0.2, 0.25) is 0 Å². The van der Waals surface area contributed by atoms with Crippen LogP contribution in [-0.2, 0) is 0 Å². The van der Waals surface area contributed by atoms with E-state index in [4.69, 9.17) is 4.74 Å². The summed E-state index contributed by atoms with van der Waals surface area (Å²) in [5.41, 5.74) is -0.762. The summed E-state index contributed by atoms with van der Waals surface area (Å²) in [5, 5.41) is 9.57. The lowest BCUT2D eigenvalue weighted by Crippen LogP contribution is -2.22. The number of phenolic OH excluding ortho intramolecular Hbond substituents is 1. The monoisotopic (exact) mass is 346 g/mol.